The molecule has 0 heterocycles. The highest BCUT2D eigenvalue weighted by atomic mass is 79.9. The van der Waals surface area contributed by atoms with E-state index < -0.39 is 6.10 Å². The van der Waals surface area contributed by atoms with Gasteiger partial charge in [-0.2, -0.15) is 0 Å². The summed E-state index contributed by atoms with van der Waals surface area (Å²) in [6.45, 7) is 0.335. The van der Waals surface area contributed by atoms with Crippen LogP contribution in [-0.4, -0.2) is 18.8 Å². The van der Waals surface area contributed by atoms with E-state index in [4.69, 9.17) is 22.1 Å². The smallest absolute Gasteiger partial charge is 0.118 e. The Labute approximate surface area is 137 Å². The number of aliphatic hydroxyl groups excluding tert-OH is 1. The van der Waals surface area contributed by atoms with Gasteiger partial charge in [-0.1, -0.05) is 29.8 Å². The lowest BCUT2D eigenvalue weighted by Crippen LogP contribution is -2.20. The second-order valence-electron chi connectivity index (χ2n) is 4.73. The van der Waals surface area contributed by atoms with Crippen LogP contribution in [-0.2, 0) is 0 Å². The minimum absolute atomic E-state index is 0.201. The lowest BCUT2D eigenvalue weighted by molar-refractivity contribution is 0.147. The molecule has 2 aromatic carbocycles. The van der Waals surface area contributed by atoms with Gasteiger partial charge in [0.25, 0.3) is 0 Å². The molecule has 3 nitrogen and oxygen atoms in total. The normalized spacial score (nSPS) is 13.8. The topological polar surface area (TPSA) is 55.5 Å². The van der Waals surface area contributed by atoms with E-state index in [2.05, 4.69) is 15.9 Å². The van der Waals surface area contributed by atoms with Crippen molar-refractivity contribution in [3.05, 3.63) is 63.1 Å². The minimum Gasteiger partial charge on any atom is -0.497 e. The number of halogens is 2. The zero-order valence-corrected chi connectivity index (χ0v) is 13.9. The Balaban J connectivity index is 2.28. The van der Waals surface area contributed by atoms with Crippen LogP contribution >= 0.6 is 27.5 Å². The number of benzene rings is 2. The number of rotatable bonds is 5. The Morgan fingerprint density at radius 3 is 2.33 bits per heavy atom. The van der Waals surface area contributed by atoms with Gasteiger partial charge in [0.05, 0.1) is 18.2 Å². The van der Waals surface area contributed by atoms with Crippen LogP contribution in [0.4, 0.5) is 0 Å². The predicted octanol–water partition coefficient (Wildman–Crippen LogP) is 3.89. The van der Waals surface area contributed by atoms with Crippen LogP contribution in [0, 0.1) is 0 Å². The minimum atomic E-state index is -0.714. The van der Waals surface area contributed by atoms with Crippen LogP contribution in [0.1, 0.15) is 23.1 Å². The highest BCUT2D eigenvalue weighted by Crippen LogP contribution is 2.34. The fraction of sp³-hybridized carbons (Fsp3) is 0.250. The molecule has 5 heteroatoms. The third-order valence-electron chi connectivity index (χ3n) is 3.46. The van der Waals surface area contributed by atoms with Crippen molar-refractivity contribution >= 4 is 27.5 Å². The van der Waals surface area contributed by atoms with Gasteiger partial charge in [-0.25, -0.2) is 0 Å². The average molecular weight is 371 g/mol. The molecule has 2 unspecified atom stereocenters. The van der Waals surface area contributed by atoms with E-state index in [0.29, 0.717) is 11.6 Å². The van der Waals surface area contributed by atoms with E-state index >= 15 is 0 Å². The number of aliphatic hydroxyl groups is 1. The van der Waals surface area contributed by atoms with E-state index in [1.165, 1.54) is 0 Å². The summed E-state index contributed by atoms with van der Waals surface area (Å²) in [6.07, 6.45) is -0.714. The van der Waals surface area contributed by atoms with Crippen LogP contribution in [0.15, 0.2) is 46.9 Å². The van der Waals surface area contributed by atoms with Crippen molar-refractivity contribution in [3.8, 4) is 5.75 Å². The Morgan fingerprint density at radius 1 is 1.19 bits per heavy atom. The van der Waals surface area contributed by atoms with Crippen molar-refractivity contribution in [1.82, 2.24) is 0 Å². The fourth-order valence-electron chi connectivity index (χ4n) is 2.23. The van der Waals surface area contributed by atoms with Crippen molar-refractivity contribution in [2.75, 3.05) is 13.7 Å². The van der Waals surface area contributed by atoms with Gasteiger partial charge in [0, 0.05) is 16.9 Å². The Morgan fingerprint density at radius 2 is 1.81 bits per heavy atom. The molecule has 2 atom stereocenters. The molecule has 0 amide bonds. The zero-order valence-electron chi connectivity index (χ0n) is 11.6. The van der Waals surface area contributed by atoms with Gasteiger partial charge < -0.3 is 15.6 Å². The molecule has 0 saturated carbocycles. The summed E-state index contributed by atoms with van der Waals surface area (Å²) in [7, 11) is 1.62. The zero-order chi connectivity index (χ0) is 15.4. The summed E-state index contributed by atoms with van der Waals surface area (Å²) in [5, 5.41) is 11.2. The van der Waals surface area contributed by atoms with Crippen molar-refractivity contribution in [3.63, 3.8) is 0 Å². The first-order valence-electron chi connectivity index (χ1n) is 6.54. The molecular weight excluding hydrogens is 354 g/mol. The number of hydrogen-bond donors (Lipinski definition) is 2. The van der Waals surface area contributed by atoms with Crippen molar-refractivity contribution in [2.45, 2.75) is 12.0 Å². The molecule has 0 aliphatic rings. The largest absolute Gasteiger partial charge is 0.497 e. The molecule has 0 radical (unpaired) electrons. The number of methoxy groups -OCH3 is 1. The summed E-state index contributed by atoms with van der Waals surface area (Å²) in [4.78, 5) is 0. The molecule has 2 rings (SSSR count). The van der Waals surface area contributed by atoms with Gasteiger partial charge >= 0.3 is 0 Å². The van der Waals surface area contributed by atoms with Crippen LogP contribution in [0.25, 0.3) is 0 Å². The van der Waals surface area contributed by atoms with Crippen molar-refractivity contribution in [1.29, 1.82) is 0 Å². The molecular formula is C16H17BrClNO2. The van der Waals surface area contributed by atoms with E-state index in [9.17, 15) is 5.11 Å². The predicted molar refractivity (Wildman–Crippen MR) is 88.9 cm³/mol. The Bertz CT molecular complexity index is 604. The molecule has 0 aromatic heterocycles. The molecule has 0 aliphatic heterocycles. The van der Waals surface area contributed by atoms with E-state index in [1.54, 1.807) is 13.2 Å². The lowest BCUT2D eigenvalue weighted by Gasteiger charge is -2.23. The van der Waals surface area contributed by atoms with Gasteiger partial charge in [-0.15, -0.1) is 0 Å². The third-order valence-corrected chi connectivity index (χ3v) is 4.70. The summed E-state index contributed by atoms with van der Waals surface area (Å²) in [5.41, 5.74) is 7.56. The van der Waals surface area contributed by atoms with Gasteiger partial charge in [-0.05, 0) is 51.3 Å². The fourth-order valence-corrected chi connectivity index (χ4v) is 2.66. The molecule has 3 N–H and O–H groups in total. The van der Waals surface area contributed by atoms with E-state index in [1.807, 2.05) is 36.4 Å². The Hall–Kier alpha value is -1.07. The standard InChI is InChI=1S/C16H17BrClNO2/c1-21-12-5-2-10(3-6-12)13(9-19)16(20)11-4-7-14(17)15(18)8-11/h2-8,13,16,20H,9,19H2,1H3. The highest BCUT2D eigenvalue weighted by Gasteiger charge is 2.22. The maximum Gasteiger partial charge on any atom is 0.118 e. The number of hydrogen-bond acceptors (Lipinski definition) is 3. The molecule has 0 bridgehead atoms. The third kappa shape index (κ3) is 3.77. The monoisotopic (exact) mass is 369 g/mol. The second kappa shape index (κ2) is 7.27. The Kier molecular flexibility index (Phi) is 5.65. The first-order chi connectivity index (χ1) is 10.1. The highest BCUT2D eigenvalue weighted by molar-refractivity contribution is 9.10. The molecule has 0 fully saturated rings. The van der Waals surface area contributed by atoms with Crippen molar-refractivity contribution < 1.29 is 9.84 Å². The SMILES string of the molecule is COc1ccc(C(CN)C(O)c2ccc(Br)c(Cl)c2)cc1. The van der Waals surface area contributed by atoms with E-state index in [0.717, 1.165) is 21.3 Å². The molecule has 2 aromatic rings. The van der Waals surface area contributed by atoms with Gasteiger partial charge in [0.1, 0.15) is 5.75 Å². The van der Waals surface area contributed by atoms with Crippen LogP contribution < -0.4 is 10.5 Å². The average Bonchev–Trinajstić information content (AvgIpc) is 2.51. The summed E-state index contributed by atoms with van der Waals surface area (Å²) >= 11 is 9.43. The summed E-state index contributed by atoms with van der Waals surface area (Å²) in [6, 6.07) is 13.0. The number of ether oxygens (including phenoxy) is 1. The molecule has 0 spiro atoms. The first-order valence-corrected chi connectivity index (χ1v) is 7.71. The molecule has 0 aliphatic carbocycles. The lowest BCUT2D eigenvalue weighted by atomic mass is 9.89. The van der Waals surface area contributed by atoms with E-state index in [-0.39, 0.29) is 5.92 Å². The van der Waals surface area contributed by atoms with Gasteiger partial charge in [-0.3, -0.25) is 0 Å². The van der Waals surface area contributed by atoms with Crippen LogP contribution in [0.2, 0.25) is 5.02 Å². The van der Waals surface area contributed by atoms with Gasteiger partial charge in [0.2, 0.25) is 0 Å². The molecule has 112 valence electrons. The van der Waals surface area contributed by atoms with Crippen LogP contribution in [0.5, 0.6) is 5.75 Å². The summed E-state index contributed by atoms with van der Waals surface area (Å²) < 4.78 is 5.94. The maximum absolute atomic E-state index is 10.6. The molecule has 0 saturated heterocycles. The van der Waals surface area contributed by atoms with Gasteiger partial charge in [0.15, 0.2) is 0 Å². The van der Waals surface area contributed by atoms with Crippen LogP contribution in [0.3, 0.4) is 0 Å². The first kappa shape index (κ1) is 16.3. The quantitative estimate of drug-likeness (QED) is 0.839. The summed E-state index contributed by atoms with van der Waals surface area (Å²) in [5.74, 6) is 0.573. The number of nitrogens with two attached hydrogens (primary N) is 1. The second-order valence-corrected chi connectivity index (χ2v) is 6.00. The van der Waals surface area contributed by atoms with Crippen molar-refractivity contribution in [2.24, 2.45) is 5.73 Å². The maximum atomic E-state index is 10.6. The molecule has 21 heavy (non-hydrogen) atoms.